The number of rotatable bonds is 4. The van der Waals surface area contributed by atoms with Crippen LogP contribution < -0.4 is 9.64 Å². The van der Waals surface area contributed by atoms with E-state index in [2.05, 4.69) is 23.1 Å². The van der Waals surface area contributed by atoms with Gasteiger partial charge in [-0.05, 0) is 42.3 Å². The Morgan fingerprint density at radius 1 is 1.06 bits per heavy atom. The highest BCUT2D eigenvalue weighted by Crippen LogP contribution is 2.51. The molecule has 1 amide bonds. The molecule has 5 nitrogen and oxygen atoms in total. The van der Waals surface area contributed by atoms with E-state index >= 15 is 0 Å². The van der Waals surface area contributed by atoms with E-state index in [0.29, 0.717) is 6.54 Å². The lowest BCUT2D eigenvalue weighted by Crippen LogP contribution is -2.40. The van der Waals surface area contributed by atoms with Gasteiger partial charge >= 0.3 is 0 Å². The van der Waals surface area contributed by atoms with Crippen LogP contribution in [0, 0.1) is 0 Å². The summed E-state index contributed by atoms with van der Waals surface area (Å²) >= 11 is 3.19. The number of methoxy groups -OCH3 is 1. The Labute approximate surface area is 197 Å². The van der Waals surface area contributed by atoms with Gasteiger partial charge in [0.25, 0.3) is 5.91 Å². The number of amides is 1. The van der Waals surface area contributed by atoms with Gasteiger partial charge in [0, 0.05) is 24.1 Å². The second-order valence-electron chi connectivity index (χ2n) is 8.28. The molecular weight excluding hydrogens is 438 g/mol. The van der Waals surface area contributed by atoms with Crippen molar-refractivity contribution in [2.45, 2.75) is 49.6 Å². The molecule has 0 atom stereocenters. The summed E-state index contributed by atoms with van der Waals surface area (Å²) in [5, 5.41) is 1.82. The third-order valence-corrected chi connectivity index (χ3v) is 8.67. The highest BCUT2D eigenvalue weighted by Gasteiger charge is 2.42. The molecule has 32 heavy (non-hydrogen) atoms. The average Bonchev–Trinajstić information content (AvgIpc) is 3.34. The molecule has 2 aromatic rings. The molecule has 1 saturated heterocycles. The second-order valence-corrected chi connectivity index (χ2v) is 10.3. The molecule has 0 unspecified atom stereocenters. The monoisotopic (exact) mass is 465 g/mol. The third-order valence-electron chi connectivity index (χ3n) is 6.23. The first-order valence-electron chi connectivity index (χ1n) is 11.1. The minimum absolute atomic E-state index is 0.0998. The summed E-state index contributed by atoms with van der Waals surface area (Å²) in [4.78, 5) is 24.7. The van der Waals surface area contributed by atoms with Gasteiger partial charge in [-0.15, -0.1) is 0 Å². The summed E-state index contributed by atoms with van der Waals surface area (Å²) in [5.41, 5.74) is 2.23. The zero-order chi connectivity index (χ0) is 22.1. The Kier molecular flexibility index (Phi) is 6.20. The van der Waals surface area contributed by atoms with Crippen molar-refractivity contribution < 1.29 is 9.53 Å². The van der Waals surface area contributed by atoms with Crippen LogP contribution in [0.3, 0.4) is 0 Å². The number of nitrogens with zero attached hydrogens (tertiary/aromatic N) is 3. The molecule has 0 spiro atoms. The summed E-state index contributed by atoms with van der Waals surface area (Å²) in [5.74, 6) is 0.921. The van der Waals surface area contributed by atoms with Crippen molar-refractivity contribution in [3.8, 4) is 5.75 Å². The number of fused-ring (bicyclic) bond motifs is 1. The zero-order valence-electron chi connectivity index (χ0n) is 18.4. The summed E-state index contributed by atoms with van der Waals surface area (Å²) in [7, 11) is 3.70. The SMILES string of the molecule is COc1ccc2c(c1)N(C)/C(=C1/SC(=NCc3ccccc3)N(C3CCCCC3)C1=O)S2. The summed E-state index contributed by atoms with van der Waals surface area (Å²) in [6, 6.07) is 16.6. The lowest BCUT2D eigenvalue weighted by atomic mass is 9.94. The first-order chi connectivity index (χ1) is 15.7. The molecule has 166 valence electrons. The Morgan fingerprint density at radius 2 is 1.84 bits per heavy atom. The quantitative estimate of drug-likeness (QED) is 0.529. The van der Waals surface area contributed by atoms with E-state index in [4.69, 9.17) is 9.73 Å². The summed E-state index contributed by atoms with van der Waals surface area (Å²) < 4.78 is 5.41. The Hall–Kier alpha value is -2.38. The van der Waals surface area contributed by atoms with Crippen LogP contribution in [-0.2, 0) is 11.3 Å². The largest absolute Gasteiger partial charge is 0.497 e. The lowest BCUT2D eigenvalue weighted by molar-refractivity contribution is -0.124. The fourth-order valence-electron chi connectivity index (χ4n) is 4.48. The van der Waals surface area contributed by atoms with Crippen molar-refractivity contribution in [3.05, 3.63) is 64.0 Å². The molecule has 2 aromatic carbocycles. The molecule has 0 N–H and O–H groups in total. The van der Waals surface area contributed by atoms with Gasteiger partial charge in [0.05, 0.1) is 24.4 Å². The van der Waals surface area contributed by atoms with E-state index in [9.17, 15) is 4.79 Å². The van der Waals surface area contributed by atoms with Crippen LogP contribution in [0.25, 0.3) is 0 Å². The normalized spacial score (nSPS) is 22.7. The van der Waals surface area contributed by atoms with Gasteiger partial charge in [-0.1, -0.05) is 61.4 Å². The van der Waals surface area contributed by atoms with Crippen molar-refractivity contribution in [3.63, 3.8) is 0 Å². The van der Waals surface area contributed by atoms with Gasteiger partial charge in [-0.25, -0.2) is 0 Å². The van der Waals surface area contributed by atoms with Crippen molar-refractivity contribution in [2.24, 2.45) is 4.99 Å². The lowest BCUT2D eigenvalue weighted by Gasteiger charge is -2.30. The number of hydrogen-bond acceptors (Lipinski definition) is 6. The molecule has 0 bridgehead atoms. The van der Waals surface area contributed by atoms with Gasteiger partial charge in [0.15, 0.2) is 5.17 Å². The molecule has 1 saturated carbocycles. The third kappa shape index (κ3) is 4.04. The number of ether oxygens (including phenoxy) is 1. The number of carbonyl (C=O) groups excluding carboxylic acids is 1. The maximum Gasteiger partial charge on any atom is 0.269 e. The van der Waals surface area contributed by atoms with E-state index < -0.39 is 0 Å². The molecular formula is C25H27N3O2S2. The maximum atomic E-state index is 13.7. The summed E-state index contributed by atoms with van der Waals surface area (Å²) in [6.07, 6.45) is 5.72. The van der Waals surface area contributed by atoms with Gasteiger partial charge in [0.2, 0.25) is 0 Å². The van der Waals surface area contributed by atoms with Crippen molar-refractivity contribution in [2.75, 3.05) is 19.1 Å². The van der Waals surface area contributed by atoms with E-state index in [0.717, 1.165) is 49.8 Å². The highest BCUT2D eigenvalue weighted by molar-refractivity contribution is 8.19. The maximum absolute atomic E-state index is 13.7. The van der Waals surface area contributed by atoms with Crippen LogP contribution in [-0.4, -0.2) is 36.2 Å². The molecule has 5 rings (SSSR count). The van der Waals surface area contributed by atoms with Crippen molar-refractivity contribution in [1.82, 2.24) is 4.90 Å². The number of amidine groups is 1. The molecule has 2 heterocycles. The first kappa shape index (κ1) is 21.5. The smallest absolute Gasteiger partial charge is 0.269 e. The number of hydrogen-bond donors (Lipinski definition) is 0. The molecule has 0 aromatic heterocycles. The molecule has 1 aliphatic carbocycles. The van der Waals surface area contributed by atoms with E-state index in [1.807, 2.05) is 42.3 Å². The van der Waals surface area contributed by atoms with E-state index in [1.165, 1.54) is 31.0 Å². The van der Waals surface area contributed by atoms with Gasteiger partial charge < -0.3 is 9.64 Å². The Bertz CT molecular complexity index is 1080. The molecule has 2 fully saturated rings. The van der Waals surface area contributed by atoms with Crippen LogP contribution in [0.4, 0.5) is 5.69 Å². The van der Waals surface area contributed by atoms with Crippen LogP contribution in [0.15, 0.2) is 68.4 Å². The molecule has 0 radical (unpaired) electrons. The van der Waals surface area contributed by atoms with Gasteiger partial charge in [-0.2, -0.15) is 0 Å². The molecule has 3 aliphatic rings. The predicted octanol–water partition coefficient (Wildman–Crippen LogP) is 5.87. The zero-order valence-corrected chi connectivity index (χ0v) is 20.0. The average molecular weight is 466 g/mol. The topological polar surface area (TPSA) is 45.1 Å². The number of thioether (sulfide) groups is 2. The van der Waals surface area contributed by atoms with E-state index in [1.54, 1.807) is 18.9 Å². The van der Waals surface area contributed by atoms with Gasteiger partial charge in [0.1, 0.15) is 10.7 Å². The summed E-state index contributed by atoms with van der Waals surface area (Å²) in [6.45, 7) is 0.586. The minimum atomic E-state index is 0.0998. The highest BCUT2D eigenvalue weighted by atomic mass is 32.2. The number of carbonyl (C=O) groups is 1. The molecule has 7 heteroatoms. The predicted molar refractivity (Wildman–Crippen MR) is 133 cm³/mol. The van der Waals surface area contributed by atoms with Crippen LogP contribution in [0.1, 0.15) is 37.7 Å². The first-order valence-corrected chi connectivity index (χ1v) is 12.7. The number of aliphatic imine (C=N–C) groups is 1. The van der Waals surface area contributed by atoms with Crippen molar-refractivity contribution >= 4 is 40.3 Å². The minimum Gasteiger partial charge on any atom is -0.497 e. The fraction of sp³-hybridized carbons (Fsp3) is 0.360. The van der Waals surface area contributed by atoms with Crippen LogP contribution in [0.2, 0.25) is 0 Å². The Balaban J connectivity index is 1.49. The number of benzene rings is 2. The van der Waals surface area contributed by atoms with Crippen LogP contribution >= 0.6 is 23.5 Å². The number of anilines is 1. The Morgan fingerprint density at radius 3 is 2.59 bits per heavy atom. The van der Waals surface area contributed by atoms with Crippen molar-refractivity contribution in [1.29, 1.82) is 0 Å². The van der Waals surface area contributed by atoms with Crippen LogP contribution in [0.5, 0.6) is 5.75 Å². The van der Waals surface area contributed by atoms with Gasteiger partial charge in [-0.3, -0.25) is 14.7 Å². The standard InChI is InChI=1S/C25H27N3O2S2/c1-27-20-15-19(30-2)13-14-21(20)31-24(27)22-23(29)28(18-11-7-4-8-12-18)25(32-22)26-16-17-9-5-3-6-10-17/h3,5-6,9-10,13-15,18H,4,7-8,11-12,16H2,1-2H3/b24-22-,26-25?. The second kappa shape index (κ2) is 9.24. The fourth-order valence-corrected chi connectivity index (χ4v) is 6.84. The van der Waals surface area contributed by atoms with E-state index in [-0.39, 0.29) is 11.9 Å². The molecule has 2 aliphatic heterocycles.